The average molecular weight is 231 g/mol. The summed E-state index contributed by atoms with van der Waals surface area (Å²) in [5, 5.41) is 0. The lowest BCUT2D eigenvalue weighted by Gasteiger charge is -2.10. The van der Waals surface area contributed by atoms with E-state index < -0.39 is 4.84 Å². The van der Waals surface area contributed by atoms with Crippen LogP contribution < -0.4 is 0 Å². The van der Waals surface area contributed by atoms with Gasteiger partial charge in [0.1, 0.15) is 10.9 Å². The molecule has 0 bridgehead atoms. The molecule has 0 fully saturated rings. The zero-order chi connectivity index (χ0) is 10.4. The SMILES string of the molecule is COC(C=Cc1ccccc1)C(Cl)Cl. The highest BCUT2D eigenvalue weighted by Gasteiger charge is 2.11. The van der Waals surface area contributed by atoms with Crippen molar-refractivity contribution in [3.63, 3.8) is 0 Å². The largest absolute Gasteiger partial charge is 0.375 e. The maximum Gasteiger partial charge on any atom is 0.137 e. The van der Waals surface area contributed by atoms with Gasteiger partial charge in [-0.15, -0.1) is 23.2 Å². The van der Waals surface area contributed by atoms with Crippen molar-refractivity contribution in [2.75, 3.05) is 7.11 Å². The van der Waals surface area contributed by atoms with Crippen LogP contribution in [0.3, 0.4) is 0 Å². The van der Waals surface area contributed by atoms with Crippen molar-refractivity contribution in [1.82, 2.24) is 0 Å². The van der Waals surface area contributed by atoms with E-state index in [1.807, 2.05) is 42.5 Å². The van der Waals surface area contributed by atoms with Crippen LogP contribution in [0.25, 0.3) is 6.08 Å². The smallest absolute Gasteiger partial charge is 0.137 e. The van der Waals surface area contributed by atoms with Gasteiger partial charge in [0, 0.05) is 7.11 Å². The van der Waals surface area contributed by atoms with E-state index in [0.29, 0.717) is 0 Å². The summed E-state index contributed by atoms with van der Waals surface area (Å²) in [6, 6.07) is 9.92. The Morgan fingerprint density at radius 2 is 1.86 bits per heavy atom. The summed E-state index contributed by atoms with van der Waals surface area (Å²) in [7, 11) is 1.58. The molecule has 0 aliphatic heterocycles. The molecule has 1 atom stereocenters. The Morgan fingerprint density at radius 3 is 2.36 bits per heavy atom. The molecule has 0 aliphatic rings. The van der Waals surface area contributed by atoms with Crippen molar-refractivity contribution in [2.24, 2.45) is 0 Å². The second-order valence-electron chi connectivity index (χ2n) is 2.80. The van der Waals surface area contributed by atoms with Gasteiger partial charge in [-0.3, -0.25) is 0 Å². The minimum absolute atomic E-state index is 0.265. The van der Waals surface area contributed by atoms with Crippen LogP contribution in [0, 0.1) is 0 Å². The van der Waals surface area contributed by atoms with Crippen LogP contribution in [0.15, 0.2) is 36.4 Å². The molecule has 0 radical (unpaired) electrons. The van der Waals surface area contributed by atoms with Crippen LogP contribution in [-0.4, -0.2) is 18.1 Å². The molecular weight excluding hydrogens is 219 g/mol. The van der Waals surface area contributed by atoms with Crippen molar-refractivity contribution in [1.29, 1.82) is 0 Å². The van der Waals surface area contributed by atoms with Gasteiger partial charge in [-0.05, 0) is 5.56 Å². The summed E-state index contributed by atoms with van der Waals surface area (Å²) in [5.74, 6) is 0. The lowest BCUT2D eigenvalue weighted by Crippen LogP contribution is -2.15. The van der Waals surface area contributed by atoms with Gasteiger partial charge in [0.2, 0.25) is 0 Å². The van der Waals surface area contributed by atoms with E-state index in [1.54, 1.807) is 7.11 Å². The summed E-state index contributed by atoms with van der Waals surface area (Å²) >= 11 is 11.4. The van der Waals surface area contributed by atoms with E-state index in [-0.39, 0.29) is 6.10 Å². The molecule has 1 unspecified atom stereocenters. The van der Waals surface area contributed by atoms with Crippen molar-refractivity contribution in [3.8, 4) is 0 Å². The monoisotopic (exact) mass is 230 g/mol. The van der Waals surface area contributed by atoms with E-state index in [1.165, 1.54) is 0 Å². The predicted molar refractivity (Wildman–Crippen MR) is 61.8 cm³/mol. The molecule has 0 spiro atoms. The molecule has 1 nitrogen and oxygen atoms in total. The second-order valence-corrected chi connectivity index (χ2v) is 3.97. The number of halogens is 2. The van der Waals surface area contributed by atoms with Crippen LogP contribution in [-0.2, 0) is 4.74 Å². The third-order valence-electron chi connectivity index (χ3n) is 1.80. The van der Waals surface area contributed by atoms with E-state index >= 15 is 0 Å². The normalized spacial score (nSPS) is 13.7. The Bertz CT molecular complexity index is 283. The molecule has 1 aromatic carbocycles. The lowest BCUT2D eigenvalue weighted by atomic mass is 10.2. The zero-order valence-electron chi connectivity index (χ0n) is 7.86. The molecule has 0 aromatic heterocycles. The molecule has 76 valence electrons. The molecule has 14 heavy (non-hydrogen) atoms. The van der Waals surface area contributed by atoms with E-state index in [9.17, 15) is 0 Å². The van der Waals surface area contributed by atoms with Crippen LogP contribution in [0.2, 0.25) is 0 Å². The minimum Gasteiger partial charge on any atom is -0.375 e. The standard InChI is InChI=1S/C11H12Cl2O/c1-14-10(11(12)13)8-7-9-5-3-2-4-6-9/h2-8,10-11H,1H3. The van der Waals surface area contributed by atoms with Gasteiger partial charge in [0.15, 0.2) is 0 Å². The minimum atomic E-state index is -0.542. The molecule has 0 saturated carbocycles. The molecule has 0 amide bonds. The highest BCUT2D eigenvalue weighted by atomic mass is 35.5. The first-order valence-corrected chi connectivity index (χ1v) is 5.15. The van der Waals surface area contributed by atoms with Crippen molar-refractivity contribution >= 4 is 29.3 Å². The summed E-state index contributed by atoms with van der Waals surface area (Å²) in [6.07, 6.45) is 3.52. The van der Waals surface area contributed by atoms with Crippen molar-refractivity contribution in [3.05, 3.63) is 42.0 Å². The Labute approximate surface area is 94.3 Å². The molecular formula is C11H12Cl2O. The second kappa shape index (κ2) is 6.07. The fourth-order valence-electron chi connectivity index (χ4n) is 1.04. The summed E-state index contributed by atoms with van der Waals surface area (Å²) in [4.78, 5) is -0.542. The van der Waals surface area contributed by atoms with E-state index in [2.05, 4.69) is 0 Å². The van der Waals surface area contributed by atoms with E-state index in [0.717, 1.165) is 5.56 Å². The summed E-state index contributed by atoms with van der Waals surface area (Å²) in [6.45, 7) is 0. The van der Waals surface area contributed by atoms with Crippen molar-refractivity contribution < 1.29 is 4.74 Å². The Morgan fingerprint density at radius 1 is 1.21 bits per heavy atom. The number of ether oxygens (including phenoxy) is 1. The molecule has 1 aromatic rings. The Hall–Kier alpha value is -0.500. The molecule has 3 heteroatoms. The van der Waals surface area contributed by atoms with Crippen LogP contribution in [0.1, 0.15) is 5.56 Å². The van der Waals surface area contributed by atoms with Gasteiger partial charge in [-0.25, -0.2) is 0 Å². The van der Waals surface area contributed by atoms with Gasteiger partial charge < -0.3 is 4.74 Å². The lowest BCUT2D eigenvalue weighted by molar-refractivity contribution is 0.152. The van der Waals surface area contributed by atoms with Crippen LogP contribution >= 0.6 is 23.2 Å². The maximum absolute atomic E-state index is 5.70. The Kier molecular flexibility index (Phi) is 5.02. The Balaban J connectivity index is 2.63. The highest BCUT2D eigenvalue weighted by Crippen LogP contribution is 2.13. The number of hydrogen-bond donors (Lipinski definition) is 0. The molecule has 0 saturated heterocycles. The van der Waals surface area contributed by atoms with Gasteiger partial charge in [0.05, 0.1) is 0 Å². The number of alkyl halides is 2. The number of hydrogen-bond acceptors (Lipinski definition) is 1. The summed E-state index contributed by atoms with van der Waals surface area (Å²) < 4.78 is 5.08. The molecule has 0 heterocycles. The van der Waals surface area contributed by atoms with Gasteiger partial charge in [0.25, 0.3) is 0 Å². The molecule has 0 aliphatic carbocycles. The third kappa shape index (κ3) is 3.70. The topological polar surface area (TPSA) is 9.23 Å². The number of rotatable bonds is 4. The number of methoxy groups -OCH3 is 1. The third-order valence-corrected chi connectivity index (χ3v) is 2.30. The van der Waals surface area contributed by atoms with Crippen LogP contribution in [0.5, 0.6) is 0 Å². The van der Waals surface area contributed by atoms with Crippen molar-refractivity contribution in [2.45, 2.75) is 10.9 Å². The fourth-order valence-corrected chi connectivity index (χ4v) is 1.41. The highest BCUT2D eigenvalue weighted by molar-refractivity contribution is 6.44. The van der Waals surface area contributed by atoms with Gasteiger partial charge >= 0.3 is 0 Å². The summed E-state index contributed by atoms with van der Waals surface area (Å²) in [5.41, 5.74) is 1.10. The first kappa shape index (κ1) is 11.6. The maximum atomic E-state index is 5.70. The number of benzene rings is 1. The van der Waals surface area contributed by atoms with Gasteiger partial charge in [-0.2, -0.15) is 0 Å². The zero-order valence-corrected chi connectivity index (χ0v) is 9.37. The first-order valence-electron chi connectivity index (χ1n) is 4.28. The molecule has 0 N–H and O–H groups in total. The first-order chi connectivity index (χ1) is 6.74. The predicted octanol–water partition coefficient (Wildman–Crippen LogP) is 3.52. The fraction of sp³-hybridized carbons (Fsp3) is 0.273. The molecule has 1 rings (SSSR count). The van der Waals surface area contributed by atoms with Crippen LogP contribution in [0.4, 0.5) is 0 Å². The average Bonchev–Trinajstić information content (AvgIpc) is 2.20. The van der Waals surface area contributed by atoms with Gasteiger partial charge in [-0.1, -0.05) is 42.5 Å². The quantitative estimate of drug-likeness (QED) is 0.720. The van der Waals surface area contributed by atoms with E-state index in [4.69, 9.17) is 27.9 Å².